The summed E-state index contributed by atoms with van der Waals surface area (Å²) < 4.78 is 5.16. The van der Waals surface area contributed by atoms with Crippen LogP contribution in [0.1, 0.15) is 40.5 Å². The monoisotopic (exact) mass is 274 g/mol. The highest BCUT2D eigenvalue weighted by Crippen LogP contribution is 2.29. The third-order valence-corrected chi connectivity index (χ3v) is 3.20. The second kappa shape index (κ2) is 7.19. The molecule has 110 valence electrons. The number of hydrogen-bond acceptors (Lipinski definition) is 3. The molecule has 0 saturated carbocycles. The molecule has 0 aliphatic heterocycles. The standard InChI is InChI=1S/C17H26N2O/c1-13(2)10-17(12-18,11-14(3)4)19-15-6-8-16(20-5)9-7-15/h6-9,13-14,19H,10-11H2,1-5H3. The minimum Gasteiger partial charge on any atom is -0.497 e. The molecule has 0 radical (unpaired) electrons. The number of nitriles is 1. The number of methoxy groups -OCH3 is 1. The van der Waals surface area contributed by atoms with Crippen molar-refractivity contribution < 1.29 is 4.74 Å². The topological polar surface area (TPSA) is 45.0 Å². The summed E-state index contributed by atoms with van der Waals surface area (Å²) in [5, 5.41) is 13.1. The Morgan fingerprint density at radius 1 is 1.10 bits per heavy atom. The van der Waals surface area contributed by atoms with Gasteiger partial charge in [-0.2, -0.15) is 5.26 Å². The van der Waals surface area contributed by atoms with Gasteiger partial charge in [0.05, 0.1) is 13.2 Å². The Kier molecular flexibility index (Phi) is 5.88. The van der Waals surface area contributed by atoms with Gasteiger partial charge in [0.2, 0.25) is 0 Å². The molecule has 0 amide bonds. The molecule has 1 aromatic carbocycles. The second-order valence-corrected chi connectivity index (χ2v) is 6.24. The van der Waals surface area contributed by atoms with Crippen molar-refractivity contribution >= 4 is 5.69 Å². The van der Waals surface area contributed by atoms with Gasteiger partial charge >= 0.3 is 0 Å². The van der Waals surface area contributed by atoms with E-state index in [0.717, 1.165) is 24.3 Å². The molecule has 0 fully saturated rings. The summed E-state index contributed by atoms with van der Waals surface area (Å²) in [5.74, 6) is 1.77. The quantitative estimate of drug-likeness (QED) is 0.798. The maximum Gasteiger partial charge on any atom is 0.125 e. The lowest BCUT2D eigenvalue weighted by molar-refractivity contribution is 0.375. The van der Waals surface area contributed by atoms with E-state index in [0.29, 0.717) is 11.8 Å². The fraction of sp³-hybridized carbons (Fsp3) is 0.588. The Morgan fingerprint density at radius 3 is 1.95 bits per heavy atom. The molecule has 0 unspecified atom stereocenters. The van der Waals surface area contributed by atoms with Crippen molar-refractivity contribution in [2.24, 2.45) is 11.8 Å². The maximum absolute atomic E-state index is 9.70. The van der Waals surface area contributed by atoms with Gasteiger partial charge in [0.15, 0.2) is 0 Å². The van der Waals surface area contributed by atoms with E-state index in [1.807, 2.05) is 24.3 Å². The number of nitrogens with zero attached hydrogens (tertiary/aromatic N) is 1. The summed E-state index contributed by atoms with van der Waals surface area (Å²) in [6.07, 6.45) is 1.68. The van der Waals surface area contributed by atoms with E-state index in [9.17, 15) is 5.26 Å². The highest BCUT2D eigenvalue weighted by molar-refractivity contribution is 5.50. The van der Waals surface area contributed by atoms with Crippen LogP contribution in [0.25, 0.3) is 0 Å². The first-order valence-corrected chi connectivity index (χ1v) is 7.24. The molecule has 1 N–H and O–H groups in total. The molecule has 0 aromatic heterocycles. The Morgan fingerprint density at radius 2 is 1.60 bits per heavy atom. The summed E-state index contributed by atoms with van der Waals surface area (Å²) in [7, 11) is 1.65. The maximum atomic E-state index is 9.70. The number of ether oxygens (including phenoxy) is 1. The van der Waals surface area contributed by atoms with Gasteiger partial charge in [0.1, 0.15) is 11.3 Å². The first kappa shape index (κ1) is 16.4. The third kappa shape index (κ3) is 4.77. The predicted octanol–water partition coefficient (Wildman–Crippen LogP) is 4.46. The number of hydrogen-bond donors (Lipinski definition) is 1. The number of rotatable bonds is 7. The molecule has 3 heteroatoms. The normalized spacial score (nSPS) is 11.5. The van der Waals surface area contributed by atoms with E-state index in [-0.39, 0.29) is 0 Å². The van der Waals surface area contributed by atoms with Gasteiger partial charge in [-0.1, -0.05) is 27.7 Å². The van der Waals surface area contributed by atoms with Crippen molar-refractivity contribution in [2.45, 2.75) is 46.1 Å². The molecule has 20 heavy (non-hydrogen) atoms. The Hall–Kier alpha value is -1.69. The van der Waals surface area contributed by atoms with Crippen molar-refractivity contribution in [3.8, 4) is 11.8 Å². The van der Waals surface area contributed by atoms with E-state index in [4.69, 9.17) is 4.74 Å². The van der Waals surface area contributed by atoms with E-state index in [1.54, 1.807) is 7.11 Å². The molecular weight excluding hydrogens is 248 g/mol. The zero-order valence-corrected chi connectivity index (χ0v) is 13.2. The lowest BCUT2D eigenvalue weighted by Gasteiger charge is -2.32. The van der Waals surface area contributed by atoms with E-state index < -0.39 is 5.54 Å². The number of nitrogens with one attached hydrogen (secondary N) is 1. The zero-order valence-electron chi connectivity index (χ0n) is 13.2. The fourth-order valence-electron chi connectivity index (χ4n) is 2.65. The van der Waals surface area contributed by atoms with Gasteiger partial charge in [-0.05, 0) is 48.9 Å². The van der Waals surface area contributed by atoms with Gasteiger partial charge in [-0.3, -0.25) is 0 Å². The molecule has 0 heterocycles. The molecule has 0 atom stereocenters. The van der Waals surface area contributed by atoms with Gasteiger partial charge in [0, 0.05) is 5.69 Å². The number of benzene rings is 1. The van der Waals surface area contributed by atoms with Crippen LogP contribution < -0.4 is 10.1 Å². The third-order valence-electron chi connectivity index (χ3n) is 3.20. The molecule has 0 saturated heterocycles. The lowest BCUT2D eigenvalue weighted by Crippen LogP contribution is -2.39. The zero-order chi connectivity index (χ0) is 15.2. The molecule has 0 aliphatic carbocycles. The summed E-state index contributed by atoms with van der Waals surface area (Å²) >= 11 is 0. The highest BCUT2D eigenvalue weighted by atomic mass is 16.5. The highest BCUT2D eigenvalue weighted by Gasteiger charge is 2.31. The van der Waals surface area contributed by atoms with Crippen LogP contribution in [-0.2, 0) is 0 Å². The van der Waals surface area contributed by atoms with Crippen LogP contribution in [-0.4, -0.2) is 12.6 Å². The van der Waals surface area contributed by atoms with E-state index in [2.05, 4.69) is 39.1 Å². The molecular formula is C17H26N2O. The molecule has 0 bridgehead atoms. The van der Waals surface area contributed by atoms with Crippen molar-refractivity contribution in [2.75, 3.05) is 12.4 Å². The minimum atomic E-state index is -0.503. The van der Waals surface area contributed by atoms with Crippen LogP contribution in [0.3, 0.4) is 0 Å². The first-order valence-electron chi connectivity index (χ1n) is 7.24. The second-order valence-electron chi connectivity index (χ2n) is 6.24. The summed E-state index contributed by atoms with van der Waals surface area (Å²) in [5.41, 5.74) is 0.463. The van der Waals surface area contributed by atoms with Crippen LogP contribution in [0.15, 0.2) is 24.3 Å². The van der Waals surface area contributed by atoms with Crippen molar-refractivity contribution in [1.29, 1.82) is 5.26 Å². The average molecular weight is 274 g/mol. The molecule has 0 aliphatic rings. The van der Waals surface area contributed by atoms with Crippen LogP contribution in [0.4, 0.5) is 5.69 Å². The Labute approximate surface area is 123 Å². The van der Waals surface area contributed by atoms with Gasteiger partial charge in [-0.25, -0.2) is 0 Å². The fourth-order valence-corrected chi connectivity index (χ4v) is 2.65. The average Bonchev–Trinajstić information content (AvgIpc) is 2.38. The molecule has 3 nitrogen and oxygen atoms in total. The Balaban J connectivity index is 2.94. The Bertz CT molecular complexity index is 433. The van der Waals surface area contributed by atoms with Crippen LogP contribution in [0.2, 0.25) is 0 Å². The summed E-state index contributed by atoms with van der Waals surface area (Å²) in [6, 6.07) is 10.3. The molecule has 1 rings (SSSR count). The largest absolute Gasteiger partial charge is 0.497 e. The van der Waals surface area contributed by atoms with Gasteiger partial charge in [-0.15, -0.1) is 0 Å². The van der Waals surface area contributed by atoms with Gasteiger partial charge < -0.3 is 10.1 Å². The van der Waals surface area contributed by atoms with E-state index >= 15 is 0 Å². The smallest absolute Gasteiger partial charge is 0.125 e. The minimum absolute atomic E-state index is 0.471. The predicted molar refractivity (Wildman–Crippen MR) is 83.9 cm³/mol. The van der Waals surface area contributed by atoms with Crippen LogP contribution in [0.5, 0.6) is 5.75 Å². The SMILES string of the molecule is COc1ccc(NC(C#N)(CC(C)C)CC(C)C)cc1. The van der Waals surface area contributed by atoms with Crippen molar-refractivity contribution in [3.63, 3.8) is 0 Å². The van der Waals surface area contributed by atoms with Crippen LogP contribution in [0, 0.1) is 23.2 Å². The lowest BCUT2D eigenvalue weighted by atomic mass is 9.82. The van der Waals surface area contributed by atoms with Crippen LogP contribution >= 0.6 is 0 Å². The van der Waals surface area contributed by atoms with E-state index in [1.165, 1.54) is 0 Å². The summed E-state index contributed by atoms with van der Waals surface area (Å²) in [4.78, 5) is 0. The molecule has 0 spiro atoms. The van der Waals surface area contributed by atoms with Crippen molar-refractivity contribution in [3.05, 3.63) is 24.3 Å². The molecule has 1 aromatic rings. The van der Waals surface area contributed by atoms with Crippen molar-refractivity contribution in [1.82, 2.24) is 0 Å². The van der Waals surface area contributed by atoms with Gasteiger partial charge in [0.25, 0.3) is 0 Å². The number of anilines is 1. The first-order chi connectivity index (χ1) is 9.40. The summed E-state index contributed by atoms with van der Waals surface area (Å²) in [6.45, 7) is 8.62.